The minimum absolute atomic E-state index is 0.130. The van der Waals surface area contributed by atoms with E-state index < -0.39 is 5.91 Å². The molecule has 0 aliphatic carbocycles. The van der Waals surface area contributed by atoms with Crippen LogP contribution in [0.3, 0.4) is 0 Å². The highest BCUT2D eigenvalue weighted by molar-refractivity contribution is 6.33. The topological polar surface area (TPSA) is 92.5 Å². The van der Waals surface area contributed by atoms with Gasteiger partial charge in [0, 0.05) is 12.7 Å². The minimum Gasteiger partial charge on any atom is -0.309 e. The zero-order valence-electron chi connectivity index (χ0n) is 18.4. The van der Waals surface area contributed by atoms with Crippen molar-refractivity contribution < 1.29 is 4.79 Å². The van der Waals surface area contributed by atoms with Crippen molar-refractivity contribution in [2.75, 3.05) is 0 Å². The van der Waals surface area contributed by atoms with Crippen molar-refractivity contribution in [3.63, 3.8) is 0 Å². The average Bonchev–Trinajstić information content (AvgIpc) is 2.81. The predicted octanol–water partition coefficient (Wildman–Crippen LogP) is 4.41. The molecule has 33 heavy (non-hydrogen) atoms. The van der Waals surface area contributed by atoms with Crippen LogP contribution in [0.25, 0.3) is 16.7 Å². The zero-order valence-corrected chi connectivity index (χ0v) is 19.1. The third-order valence-electron chi connectivity index (χ3n) is 5.52. The van der Waals surface area contributed by atoms with Gasteiger partial charge in [-0.1, -0.05) is 49.6 Å². The van der Waals surface area contributed by atoms with Gasteiger partial charge in [0.15, 0.2) is 5.49 Å². The van der Waals surface area contributed by atoms with Gasteiger partial charge in [0.1, 0.15) is 17.4 Å². The van der Waals surface area contributed by atoms with Crippen molar-refractivity contribution >= 4 is 34.2 Å². The van der Waals surface area contributed by atoms with E-state index in [1.54, 1.807) is 41.1 Å². The number of rotatable bonds is 5. The Morgan fingerprint density at radius 1 is 1.18 bits per heavy atom. The molecule has 166 valence electrons. The van der Waals surface area contributed by atoms with Crippen LogP contribution in [0.5, 0.6) is 0 Å². The van der Waals surface area contributed by atoms with Gasteiger partial charge in [0.05, 0.1) is 21.5 Å². The first-order valence-corrected chi connectivity index (χ1v) is 11.1. The third-order valence-corrected chi connectivity index (χ3v) is 5.85. The molecule has 1 aromatic carbocycles. The maximum absolute atomic E-state index is 13.3. The fraction of sp³-hybridized carbons (Fsp3) is 0.240. The van der Waals surface area contributed by atoms with E-state index in [1.165, 1.54) is 10.5 Å². The summed E-state index contributed by atoms with van der Waals surface area (Å²) >= 11 is 6.19. The van der Waals surface area contributed by atoms with Crippen molar-refractivity contribution in [3.05, 3.63) is 86.2 Å². The summed E-state index contributed by atoms with van der Waals surface area (Å²) in [5.74, 6) is -0.561. The molecule has 8 heteroatoms. The minimum atomic E-state index is -0.561. The van der Waals surface area contributed by atoms with Gasteiger partial charge in [-0.25, -0.2) is 4.98 Å². The number of pyridine rings is 2. The van der Waals surface area contributed by atoms with Crippen LogP contribution in [0.1, 0.15) is 47.7 Å². The van der Waals surface area contributed by atoms with Crippen LogP contribution in [-0.4, -0.2) is 19.9 Å². The number of nitriles is 1. The molecule has 1 amide bonds. The number of nitrogens with zero attached hydrogens (tertiary/aromatic N) is 5. The van der Waals surface area contributed by atoms with E-state index in [-0.39, 0.29) is 27.2 Å². The van der Waals surface area contributed by atoms with Crippen LogP contribution in [-0.2, 0) is 6.54 Å². The number of unbranched alkanes of at least 4 members (excludes halogenated alkanes) is 2. The van der Waals surface area contributed by atoms with Crippen molar-refractivity contribution in [1.29, 1.82) is 5.26 Å². The standard InChI is InChI=1S/C25H22ClN5O2/c1-3-4-7-12-30-22(29-24(32)18-10-5-6-11-20(18)26)17(15-27)14-19-23(30)28-21-16(2)9-8-13-31(21)25(19)33/h5-6,8-11,13-14H,3-4,7,12H2,1-2H3. The smallest absolute Gasteiger partial charge is 0.280 e. The van der Waals surface area contributed by atoms with Crippen LogP contribution in [0.4, 0.5) is 0 Å². The number of halogens is 1. The van der Waals surface area contributed by atoms with Gasteiger partial charge in [0.2, 0.25) is 0 Å². The van der Waals surface area contributed by atoms with E-state index in [4.69, 9.17) is 16.6 Å². The quantitative estimate of drug-likeness (QED) is 0.326. The number of hydrogen-bond donors (Lipinski definition) is 0. The summed E-state index contributed by atoms with van der Waals surface area (Å²) in [6.07, 6.45) is 4.36. The third kappa shape index (κ3) is 4.18. The first-order valence-electron chi connectivity index (χ1n) is 10.8. The molecule has 0 spiro atoms. The van der Waals surface area contributed by atoms with Gasteiger partial charge >= 0.3 is 0 Å². The van der Waals surface area contributed by atoms with Gasteiger partial charge in [0.25, 0.3) is 11.5 Å². The summed E-state index contributed by atoms with van der Waals surface area (Å²) in [7, 11) is 0. The molecule has 0 saturated heterocycles. The first kappa shape index (κ1) is 22.4. The fourth-order valence-corrected chi connectivity index (χ4v) is 4.03. The van der Waals surface area contributed by atoms with Gasteiger partial charge in [-0.05, 0) is 43.2 Å². The van der Waals surface area contributed by atoms with E-state index in [0.29, 0.717) is 23.2 Å². The van der Waals surface area contributed by atoms with E-state index >= 15 is 0 Å². The predicted molar refractivity (Wildman–Crippen MR) is 127 cm³/mol. The van der Waals surface area contributed by atoms with E-state index in [0.717, 1.165) is 24.8 Å². The van der Waals surface area contributed by atoms with Gasteiger partial charge in [-0.3, -0.25) is 14.0 Å². The molecule has 4 aromatic rings. The average molecular weight is 460 g/mol. The number of benzene rings is 1. The normalized spacial score (nSPS) is 11.8. The number of aromatic nitrogens is 3. The molecule has 7 nitrogen and oxygen atoms in total. The zero-order chi connectivity index (χ0) is 23.5. The van der Waals surface area contributed by atoms with Crippen LogP contribution >= 0.6 is 11.6 Å². The van der Waals surface area contributed by atoms with Crippen molar-refractivity contribution in [2.24, 2.45) is 4.99 Å². The molecule has 3 aromatic heterocycles. The van der Waals surface area contributed by atoms with Crippen LogP contribution in [0.2, 0.25) is 5.02 Å². The SMILES string of the molecule is CCCCCn1c(=NC(=O)c2ccccc2Cl)c(C#N)cc2c(=O)n3cccc(C)c3nc21. The van der Waals surface area contributed by atoms with Crippen LogP contribution in [0.15, 0.2) is 58.4 Å². The van der Waals surface area contributed by atoms with Crippen molar-refractivity contribution in [1.82, 2.24) is 14.0 Å². The summed E-state index contributed by atoms with van der Waals surface area (Å²) < 4.78 is 3.19. The maximum atomic E-state index is 13.3. The highest BCUT2D eigenvalue weighted by Gasteiger charge is 2.16. The van der Waals surface area contributed by atoms with E-state index in [1.807, 2.05) is 13.0 Å². The second-order valence-electron chi connectivity index (χ2n) is 7.79. The second-order valence-corrected chi connectivity index (χ2v) is 8.20. The van der Waals surface area contributed by atoms with Crippen molar-refractivity contribution in [2.45, 2.75) is 39.7 Å². The lowest BCUT2D eigenvalue weighted by molar-refractivity contribution is 0.0997. The highest BCUT2D eigenvalue weighted by Crippen LogP contribution is 2.17. The van der Waals surface area contributed by atoms with Gasteiger partial charge in [-0.15, -0.1) is 0 Å². The number of carbonyl (C=O) groups excluding carboxylic acids is 1. The van der Waals surface area contributed by atoms with Crippen LogP contribution in [0, 0.1) is 18.3 Å². The molecular weight excluding hydrogens is 438 g/mol. The molecule has 3 heterocycles. The summed E-state index contributed by atoms with van der Waals surface area (Å²) in [5.41, 5.74) is 2.03. The van der Waals surface area contributed by atoms with Crippen LogP contribution < -0.4 is 11.0 Å². The second kappa shape index (κ2) is 9.39. The van der Waals surface area contributed by atoms with Gasteiger partial charge in [-0.2, -0.15) is 10.3 Å². The van der Waals surface area contributed by atoms with E-state index in [2.05, 4.69) is 18.0 Å². The molecule has 0 bridgehead atoms. The summed E-state index contributed by atoms with van der Waals surface area (Å²) in [6.45, 7) is 4.43. The summed E-state index contributed by atoms with van der Waals surface area (Å²) in [4.78, 5) is 35.3. The number of carbonyl (C=O) groups is 1. The Labute approximate surface area is 195 Å². The highest BCUT2D eigenvalue weighted by atomic mass is 35.5. The molecule has 0 unspecified atom stereocenters. The molecule has 0 saturated carbocycles. The molecule has 0 radical (unpaired) electrons. The molecule has 4 rings (SSSR count). The molecule has 0 atom stereocenters. The lowest BCUT2D eigenvalue weighted by Gasteiger charge is -2.14. The lowest BCUT2D eigenvalue weighted by atomic mass is 10.2. The molecule has 0 aliphatic heterocycles. The Bertz CT molecular complexity index is 1560. The number of fused-ring (bicyclic) bond motifs is 2. The number of aryl methyl sites for hydroxylation is 2. The van der Waals surface area contributed by atoms with Gasteiger partial charge < -0.3 is 4.57 Å². The number of amides is 1. The first-order chi connectivity index (χ1) is 16.0. The molecule has 0 fully saturated rings. The lowest BCUT2D eigenvalue weighted by Crippen LogP contribution is -2.30. The monoisotopic (exact) mass is 459 g/mol. The summed E-state index contributed by atoms with van der Waals surface area (Å²) in [5, 5.41) is 10.5. The van der Waals surface area contributed by atoms with E-state index in [9.17, 15) is 14.9 Å². The fourth-order valence-electron chi connectivity index (χ4n) is 3.81. The Hall–Kier alpha value is -3.76. The Kier molecular flexibility index (Phi) is 6.38. The summed E-state index contributed by atoms with van der Waals surface area (Å²) in [6, 6.07) is 13.9. The molecular formula is C25H22ClN5O2. The Balaban J connectivity index is 2.09. The van der Waals surface area contributed by atoms with Crippen molar-refractivity contribution in [3.8, 4) is 6.07 Å². The largest absolute Gasteiger partial charge is 0.309 e. The Morgan fingerprint density at radius 3 is 2.70 bits per heavy atom. The molecule has 0 N–H and O–H groups in total. The molecule has 0 aliphatic rings. The Morgan fingerprint density at radius 2 is 1.97 bits per heavy atom. The maximum Gasteiger partial charge on any atom is 0.280 e. The number of hydrogen-bond acceptors (Lipinski definition) is 4.